The fourth-order valence-electron chi connectivity index (χ4n) is 2.50. The molecule has 1 atom stereocenters. The van der Waals surface area contributed by atoms with Gasteiger partial charge in [0.15, 0.2) is 0 Å². The minimum atomic E-state index is -0.320. The molecule has 1 aromatic carbocycles. The van der Waals surface area contributed by atoms with Crippen molar-refractivity contribution in [3.8, 4) is 0 Å². The monoisotopic (exact) mass is 268 g/mol. The summed E-state index contributed by atoms with van der Waals surface area (Å²) in [5.41, 5.74) is 1.98. The van der Waals surface area contributed by atoms with Gasteiger partial charge in [0, 0.05) is 11.0 Å². The van der Waals surface area contributed by atoms with Crippen molar-refractivity contribution in [1.29, 1.82) is 0 Å². The zero-order valence-electron chi connectivity index (χ0n) is 10.9. The van der Waals surface area contributed by atoms with Crippen molar-refractivity contribution < 1.29 is 9.50 Å². The number of rotatable bonds is 5. The molecule has 1 fully saturated rings. The molecule has 1 saturated carbocycles. The van der Waals surface area contributed by atoms with E-state index in [1.165, 1.54) is 37.8 Å². The third kappa shape index (κ3) is 3.99. The van der Waals surface area contributed by atoms with E-state index in [0.29, 0.717) is 6.42 Å². The highest BCUT2D eigenvalue weighted by molar-refractivity contribution is 7.99. The summed E-state index contributed by atoms with van der Waals surface area (Å²) < 4.78 is 13.0. The lowest BCUT2D eigenvalue weighted by Crippen LogP contribution is -2.16. The predicted molar refractivity (Wildman–Crippen MR) is 75.6 cm³/mol. The van der Waals surface area contributed by atoms with E-state index in [1.807, 2.05) is 18.7 Å². The van der Waals surface area contributed by atoms with Crippen LogP contribution >= 0.6 is 11.8 Å². The number of thioether (sulfide) groups is 1. The van der Waals surface area contributed by atoms with Crippen molar-refractivity contribution in [3.63, 3.8) is 0 Å². The van der Waals surface area contributed by atoms with Crippen molar-refractivity contribution in [2.45, 2.75) is 50.4 Å². The van der Waals surface area contributed by atoms with Crippen LogP contribution in [0.5, 0.6) is 0 Å². The molecule has 1 aliphatic rings. The fourth-order valence-corrected chi connectivity index (χ4v) is 3.78. The normalized spacial score (nSPS) is 18.2. The summed E-state index contributed by atoms with van der Waals surface area (Å²) in [6.45, 7) is 1.90. The molecule has 0 radical (unpaired) electrons. The van der Waals surface area contributed by atoms with E-state index in [9.17, 15) is 9.50 Å². The first-order valence-corrected chi connectivity index (χ1v) is 7.74. The maximum atomic E-state index is 13.0. The topological polar surface area (TPSA) is 20.2 Å². The van der Waals surface area contributed by atoms with E-state index in [2.05, 4.69) is 0 Å². The maximum absolute atomic E-state index is 13.0. The molecule has 18 heavy (non-hydrogen) atoms. The molecule has 1 unspecified atom stereocenters. The molecule has 1 aromatic rings. The number of halogens is 1. The molecule has 0 spiro atoms. The van der Waals surface area contributed by atoms with Crippen LogP contribution in [-0.4, -0.2) is 22.2 Å². The van der Waals surface area contributed by atoms with Crippen molar-refractivity contribution in [3.05, 3.63) is 35.1 Å². The molecule has 0 aromatic heterocycles. The minimum Gasteiger partial charge on any atom is -0.392 e. The summed E-state index contributed by atoms with van der Waals surface area (Å²) in [6, 6.07) is 4.79. The van der Waals surface area contributed by atoms with E-state index in [0.717, 1.165) is 22.1 Å². The Morgan fingerprint density at radius 3 is 2.78 bits per heavy atom. The third-order valence-electron chi connectivity index (χ3n) is 3.59. The van der Waals surface area contributed by atoms with Gasteiger partial charge in [-0.15, -0.1) is 0 Å². The molecule has 0 heterocycles. The van der Waals surface area contributed by atoms with Crippen LogP contribution in [-0.2, 0) is 6.42 Å². The van der Waals surface area contributed by atoms with Crippen LogP contribution in [0.15, 0.2) is 18.2 Å². The Morgan fingerprint density at radius 2 is 2.11 bits per heavy atom. The summed E-state index contributed by atoms with van der Waals surface area (Å²) in [4.78, 5) is 0. The van der Waals surface area contributed by atoms with Crippen LogP contribution in [0, 0.1) is 12.7 Å². The summed E-state index contributed by atoms with van der Waals surface area (Å²) in [7, 11) is 0. The van der Waals surface area contributed by atoms with Crippen LogP contribution < -0.4 is 0 Å². The molecule has 0 saturated heterocycles. The van der Waals surface area contributed by atoms with E-state index >= 15 is 0 Å². The molecule has 1 nitrogen and oxygen atoms in total. The van der Waals surface area contributed by atoms with Crippen LogP contribution in [0.1, 0.15) is 36.8 Å². The highest BCUT2D eigenvalue weighted by atomic mass is 32.2. The number of benzene rings is 1. The molecule has 2 rings (SSSR count). The summed E-state index contributed by atoms with van der Waals surface area (Å²) >= 11 is 1.90. The summed E-state index contributed by atoms with van der Waals surface area (Å²) in [6.07, 6.45) is 5.58. The second-order valence-corrected chi connectivity index (χ2v) is 6.50. The second-order valence-electron chi connectivity index (χ2n) is 5.17. The molecule has 3 heteroatoms. The standard InChI is InChI=1S/C15H21FOS/c1-11-8-13(16)7-6-12(11)9-14(17)10-18-15-4-2-3-5-15/h6-8,14-15,17H,2-5,9-10H2,1H3. The van der Waals surface area contributed by atoms with E-state index in [1.54, 1.807) is 6.07 Å². The predicted octanol–water partition coefficient (Wildman–Crippen LogP) is 3.71. The Hall–Kier alpha value is -0.540. The molecular formula is C15H21FOS. The van der Waals surface area contributed by atoms with Crippen molar-refractivity contribution >= 4 is 11.8 Å². The van der Waals surface area contributed by atoms with Gasteiger partial charge < -0.3 is 5.11 Å². The smallest absolute Gasteiger partial charge is 0.123 e. The quantitative estimate of drug-likeness (QED) is 0.878. The Morgan fingerprint density at radius 1 is 1.39 bits per heavy atom. The first-order chi connectivity index (χ1) is 8.65. The summed E-state index contributed by atoms with van der Waals surface area (Å²) in [5.74, 6) is 0.590. The van der Waals surface area contributed by atoms with Gasteiger partial charge >= 0.3 is 0 Å². The molecule has 1 N–H and O–H groups in total. The van der Waals surface area contributed by atoms with Crippen LogP contribution in [0.4, 0.5) is 4.39 Å². The molecule has 1 aliphatic carbocycles. The van der Waals surface area contributed by atoms with Gasteiger partial charge in [-0.05, 0) is 49.4 Å². The van der Waals surface area contributed by atoms with Crippen molar-refractivity contribution in [2.24, 2.45) is 0 Å². The highest BCUT2D eigenvalue weighted by Crippen LogP contribution is 2.30. The van der Waals surface area contributed by atoms with Crippen LogP contribution in [0.2, 0.25) is 0 Å². The lowest BCUT2D eigenvalue weighted by Gasteiger charge is -2.15. The zero-order chi connectivity index (χ0) is 13.0. The molecular weight excluding hydrogens is 247 g/mol. The number of hydrogen-bond donors (Lipinski definition) is 1. The first kappa shape index (κ1) is 13.9. The zero-order valence-corrected chi connectivity index (χ0v) is 11.7. The molecule has 0 aliphatic heterocycles. The van der Waals surface area contributed by atoms with Gasteiger partial charge in [0.25, 0.3) is 0 Å². The second kappa shape index (κ2) is 6.58. The molecule has 100 valence electrons. The largest absolute Gasteiger partial charge is 0.392 e. The number of aliphatic hydroxyl groups excluding tert-OH is 1. The Balaban J connectivity index is 1.80. The van der Waals surface area contributed by atoms with Crippen molar-refractivity contribution in [2.75, 3.05) is 5.75 Å². The van der Waals surface area contributed by atoms with Crippen molar-refractivity contribution in [1.82, 2.24) is 0 Å². The van der Waals surface area contributed by atoms with Crippen LogP contribution in [0.25, 0.3) is 0 Å². The van der Waals surface area contributed by atoms with Gasteiger partial charge in [0.1, 0.15) is 5.82 Å². The summed E-state index contributed by atoms with van der Waals surface area (Å²) in [5, 5.41) is 10.8. The lowest BCUT2D eigenvalue weighted by molar-refractivity contribution is 0.200. The Labute approximate surface area is 113 Å². The first-order valence-electron chi connectivity index (χ1n) is 6.70. The van der Waals surface area contributed by atoms with E-state index in [4.69, 9.17) is 0 Å². The SMILES string of the molecule is Cc1cc(F)ccc1CC(O)CSC1CCCC1. The third-order valence-corrected chi connectivity index (χ3v) is 5.11. The van der Waals surface area contributed by atoms with Gasteiger partial charge in [-0.25, -0.2) is 4.39 Å². The number of aliphatic hydroxyl groups is 1. The minimum absolute atomic E-state index is 0.203. The van der Waals surface area contributed by atoms with Gasteiger partial charge in [-0.2, -0.15) is 11.8 Å². The van der Waals surface area contributed by atoms with Crippen LogP contribution in [0.3, 0.4) is 0 Å². The van der Waals surface area contributed by atoms with Gasteiger partial charge in [0.05, 0.1) is 6.10 Å². The highest BCUT2D eigenvalue weighted by Gasteiger charge is 2.17. The van der Waals surface area contributed by atoms with Gasteiger partial charge in [-0.3, -0.25) is 0 Å². The average Bonchev–Trinajstić information content (AvgIpc) is 2.83. The Kier molecular flexibility index (Phi) is 5.07. The lowest BCUT2D eigenvalue weighted by atomic mass is 10.0. The molecule has 0 bridgehead atoms. The Bertz CT molecular complexity index is 388. The van der Waals surface area contributed by atoms with Gasteiger partial charge in [-0.1, -0.05) is 18.9 Å². The van der Waals surface area contributed by atoms with E-state index < -0.39 is 0 Å². The van der Waals surface area contributed by atoms with E-state index in [-0.39, 0.29) is 11.9 Å². The molecule has 0 amide bonds. The van der Waals surface area contributed by atoms with Gasteiger partial charge in [0.2, 0.25) is 0 Å². The number of hydrogen-bond acceptors (Lipinski definition) is 2. The average molecular weight is 268 g/mol. The fraction of sp³-hybridized carbons (Fsp3) is 0.600. The maximum Gasteiger partial charge on any atom is 0.123 e. The number of aryl methyl sites for hydroxylation is 1.